The Balaban J connectivity index is 2.21. The van der Waals surface area contributed by atoms with E-state index < -0.39 is 0 Å². The predicted octanol–water partition coefficient (Wildman–Crippen LogP) is 4.36. The molecule has 4 nitrogen and oxygen atoms in total. The number of rotatable bonds is 5. The molecule has 0 aliphatic heterocycles. The van der Waals surface area contributed by atoms with Gasteiger partial charge in [-0.1, -0.05) is 24.6 Å². The summed E-state index contributed by atoms with van der Waals surface area (Å²) in [5.74, 6) is 1.66. The summed E-state index contributed by atoms with van der Waals surface area (Å²) < 4.78 is 5.74. The van der Waals surface area contributed by atoms with Crippen molar-refractivity contribution in [2.24, 2.45) is 0 Å². The maximum Gasteiger partial charge on any atom is 0.226 e. The molecule has 20 heavy (non-hydrogen) atoms. The van der Waals surface area contributed by atoms with Gasteiger partial charge < -0.3 is 10.1 Å². The Morgan fingerprint density at radius 1 is 1.20 bits per heavy atom. The molecule has 1 aromatic heterocycles. The molecule has 2 rings (SSSR count). The highest BCUT2D eigenvalue weighted by molar-refractivity contribution is 6.32. The highest BCUT2D eigenvalue weighted by atomic mass is 35.5. The van der Waals surface area contributed by atoms with E-state index in [1.807, 2.05) is 32.0 Å². The van der Waals surface area contributed by atoms with Crippen LogP contribution in [0, 0.1) is 13.8 Å². The van der Waals surface area contributed by atoms with Crippen LogP contribution >= 0.6 is 11.6 Å². The number of aromatic nitrogens is 2. The van der Waals surface area contributed by atoms with Crippen molar-refractivity contribution in [2.45, 2.75) is 27.2 Å². The number of hydrogen-bond donors (Lipinski definition) is 1. The maximum absolute atomic E-state index is 6.16. The zero-order valence-electron chi connectivity index (χ0n) is 11.9. The third kappa shape index (κ3) is 3.84. The third-order valence-electron chi connectivity index (χ3n) is 2.67. The maximum atomic E-state index is 6.16. The van der Waals surface area contributed by atoms with Gasteiger partial charge >= 0.3 is 0 Å². The molecular weight excluding hydrogens is 274 g/mol. The normalized spacial score (nSPS) is 10.4. The Morgan fingerprint density at radius 3 is 2.70 bits per heavy atom. The van der Waals surface area contributed by atoms with Gasteiger partial charge in [-0.2, -0.15) is 4.98 Å². The molecular formula is C15H18ClN3O. The molecule has 0 saturated heterocycles. The number of benzene rings is 1. The van der Waals surface area contributed by atoms with Crippen molar-refractivity contribution in [3.8, 4) is 11.6 Å². The second kappa shape index (κ2) is 6.57. The van der Waals surface area contributed by atoms with Gasteiger partial charge in [0, 0.05) is 18.3 Å². The second-order valence-electron chi connectivity index (χ2n) is 4.63. The smallest absolute Gasteiger partial charge is 0.226 e. The zero-order chi connectivity index (χ0) is 14.5. The van der Waals surface area contributed by atoms with Crippen LogP contribution in [0.15, 0.2) is 24.3 Å². The first-order valence-corrected chi connectivity index (χ1v) is 7.00. The number of aryl methyl sites for hydroxylation is 2. The van der Waals surface area contributed by atoms with Crippen molar-refractivity contribution < 1.29 is 4.74 Å². The number of nitrogens with one attached hydrogen (secondary N) is 1. The molecule has 0 unspecified atom stereocenters. The van der Waals surface area contributed by atoms with Gasteiger partial charge in [-0.15, -0.1) is 0 Å². The molecule has 0 radical (unpaired) electrons. The summed E-state index contributed by atoms with van der Waals surface area (Å²) in [5.41, 5.74) is 1.93. The molecule has 0 saturated carbocycles. The molecule has 2 aromatic rings. The Hall–Kier alpha value is -1.81. The molecule has 0 aliphatic carbocycles. The summed E-state index contributed by atoms with van der Waals surface area (Å²) in [7, 11) is 0. The van der Waals surface area contributed by atoms with Crippen molar-refractivity contribution in [2.75, 3.05) is 11.9 Å². The lowest BCUT2D eigenvalue weighted by atomic mass is 10.2. The average Bonchev–Trinajstić information content (AvgIpc) is 2.39. The molecule has 0 spiro atoms. The minimum Gasteiger partial charge on any atom is -0.437 e. The fraction of sp³-hybridized carbons (Fsp3) is 0.333. The molecule has 0 amide bonds. The highest BCUT2D eigenvalue weighted by Gasteiger charge is 2.07. The summed E-state index contributed by atoms with van der Waals surface area (Å²) in [5, 5.41) is 3.72. The lowest BCUT2D eigenvalue weighted by Crippen LogP contribution is -2.05. The quantitative estimate of drug-likeness (QED) is 0.889. The predicted molar refractivity (Wildman–Crippen MR) is 81.8 cm³/mol. The largest absolute Gasteiger partial charge is 0.437 e. The molecule has 1 heterocycles. The first-order valence-electron chi connectivity index (χ1n) is 6.62. The van der Waals surface area contributed by atoms with E-state index >= 15 is 0 Å². The number of hydrogen-bond acceptors (Lipinski definition) is 4. The molecule has 0 atom stereocenters. The van der Waals surface area contributed by atoms with Gasteiger partial charge in [0.25, 0.3) is 0 Å². The second-order valence-corrected chi connectivity index (χ2v) is 5.04. The third-order valence-corrected chi connectivity index (χ3v) is 2.96. The molecule has 0 fully saturated rings. The van der Waals surface area contributed by atoms with E-state index in [9.17, 15) is 0 Å². The number of halogens is 1. The monoisotopic (exact) mass is 291 g/mol. The minimum atomic E-state index is 0.488. The first-order chi connectivity index (χ1) is 9.58. The standard InChI is InChI=1S/C15H18ClN3O/c1-4-7-17-15-18-11(3)9-14(19-15)20-13-6-5-10(2)8-12(13)16/h5-6,8-9H,4,7H2,1-3H3,(H,17,18,19). The van der Waals surface area contributed by atoms with Crippen LogP contribution in [-0.2, 0) is 0 Å². The van der Waals surface area contributed by atoms with Gasteiger partial charge in [0.05, 0.1) is 5.02 Å². The summed E-state index contributed by atoms with van der Waals surface area (Å²) in [6, 6.07) is 7.44. The lowest BCUT2D eigenvalue weighted by molar-refractivity contribution is 0.461. The summed E-state index contributed by atoms with van der Waals surface area (Å²) in [4.78, 5) is 8.64. The fourth-order valence-electron chi connectivity index (χ4n) is 1.71. The minimum absolute atomic E-state index is 0.488. The van der Waals surface area contributed by atoms with E-state index in [0.29, 0.717) is 22.6 Å². The zero-order valence-corrected chi connectivity index (χ0v) is 12.7. The van der Waals surface area contributed by atoms with Crippen LogP contribution in [0.5, 0.6) is 11.6 Å². The molecule has 5 heteroatoms. The Morgan fingerprint density at radius 2 is 2.00 bits per heavy atom. The number of anilines is 1. The molecule has 1 aromatic carbocycles. The number of ether oxygens (including phenoxy) is 1. The van der Waals surface area contributed by atoms with Gasteiger partial charge in [-0.05, 0) is 38.0 Å². The summed E-state index contributed by atoms with van der Waals surface area (Å²) >= 11 is 6.16. The van der Waals surface area contributed by atoms with E-state index in [1.54, 1.807) is 6.07 Å². The van der Waals surface area contributed by atoms with Gasteiger partial charge in [0.2, 0.25) is 11.8 Å². The van der Waals surface area contributed by atoms with Crippen molar-refractivity contribution in [3.63, 3.8) is 0 Å². The van der Waals surface area contributed by atoms with E-state index in [2.05, 4.69) is 22.2 Å². The fourth-order valence-corrected chi connectivity index (χ4v) is 1.98. The topological polar surface area (TPSA) is 47.0 Å². The van der Waals surface area contributed by atoms with Gasteiger partial charge in [-0.3, -0.25) is 0 Å². The van der Waals surface area contributed by atoms with Crippen LogP contribution in [0.4, 0.5) is 5.95 Å². The van der Waals surface area contributed by atoms with Gasteiger partial charge in [0.1, 0.15) is 5.75 Å². The van der Waals surface area contributed by atoms with Crippen molar-refractivity contribution in [1.29, 1.82) is 0 Å². The molecule has 106 valence electrons. The Bertz CT molecular complexity index is 602. The Labute approximate surface area is 124 Å². The molecule has 1 N–H and O–H groups in total. The van der Waals surface area contributed by atoms with Crippen LogP contribution in [0.1, 0.15) is 24.6 Å². The van der Waals surface area contributed by atoms with E-state index in [-0.39, 0.29) is 0 Å². The van der Waals surface area contributed by atoms with Crippen LogP contribution in [0.3, 0.4) is 0 Å². The van der Waals surface area contributed by atoms with Crippen molar-refractivity contribution in [3.05, 3.63) is 40.5 Å². The molecule has 0 aliphatic rings. The SMILES string of the molecule is CCCNc1nc(C)cc(Oc2ccc(C)cc2Cl)n1. The first kappa shape index (κ1) is 14.6. The van der Waals surface area contributed by atoms with Crippen LogP contribution in [0.2, 0.25) is 5.02 Å². The van der Waals surface area contributed by atoms with E-state index in [0.717, 1.165) is 24.2 Å². The van der Waals surface area contributed by atoms with Crippen LogP contribution < -0.4 is 10.1 Å². The lowest BCUT2D eigenvalue weighted by Gasteiger charge is -2.10. The summed E-state index contributed by atoms with van der Waals surface area (Å²) in [6.07, 6.45) is 1.01. The van der Waals surface area contributed by atoms with E-state index in [4.69, 9.17) is 16.3 Å². The molecule has 0 bridgehead atoms. The van der Waals surface area contributed by atoms with Crippen LogP contribution in [-0.4, -0.2) is 16.5 Å². The number of nitrogens with zero attached hydrogens (tertiary/aromatic N) is 2. The highest BCUT2D eigenvalue weighted by Crippen LogP contribution is 2.29. The Kier molecular flexibility index (Phi) is 4.79. The van der Waals surface area contributed by atoms with Crippen molar-refractivity contribution in [1.82, 2.24) is 9.97 Å². The average molecular weight is 292 g/mol. The van der Waals surface area contributed by atoms with Gasteiger partial charge in [0.15, 0.2) is 0 Å². The van der Waals surface area contributed by atoms with E-state index in [1.165, 1.54) is 0 Å². The van der Waals surface area contributed by atoms with Crippen LogP contribution in [0.25, 0.3) is 0 Å². The van der Waals surface area contributed by atoms with Crippen molar-refractivity contribution >= 4 is 17.5 Å². The summed E-state index contributed by atoms with van der Waals surface area (Å²) in [6.45, 7) is 6.81. The van der Waals surface area contributed by atoms with Gasteiger partial charge in [-0.25, -0.2) is 4.98 Å².